The van der Waals surface area contributed by atoms with Crippen LogP contribution in [0, 0.1) is 25.7 Å². The highest BCUT2D eigenvalue weighted by molar-refractivity contribution is 7.12. The molecule has 0 saturated carbocycles. The van der Waals surface area contributed by atoms with Gasteiger partial charge in [0.15, 0.2) is 10.8 Å². The van der Waals surface area contributed by atoms with Crippen molar-refractivity contribution >= 4 is 23.2 Å². The summed E-state index contributed by atoms with van der Waals surface area (Å²) >= 11 is 1.16. The summed E-state index contributed by atoms with van der Waals surface area (Å²) in [5.41, 5.74) is 9.03. The lowest BCUT2D eigenvalue weighted by Crippen LogP contribution is -2.34. The van der Waals surface area contributed by atoms with Crippen LogP contribution >= 0.6 is 11.3 Å². The van der Waals surface area contributed by atoms with Gasteiger partial charge in [0.1, 0.15) is 5.69 Å². The largest absolute Gasteiger partial charge is 0.364 e. The molecule has 2 fully saturated rings. The Labute approximate surface area is 209 Å². The zero-order chi connectivity index (χ0) is 24.5. The van der Waals surface area contributed by atoms with Crippen molar-refractivity contribution in [1.29, 1.82) is 0 Å². The van der Waals surface area contributed by atoms with E-state index in [-0.39, 0.29) is 10.9 Å². The molecule has 9 heteroatoms. The van der Waals surface area contributed by atoms with Gasteiger partial charge in [-0.05, 0) is 50.6 Å². The minimum absolute atomic E-state index is 0.00711. The Hall–Kier alpha value is -3.17. The number of nitrogens with two attached hydrogens (primary N) is 1. The molecule has 2 aliphatic heterocycles. The van der Waals surface area contributed by atoms with Crippen molar-refractivity contribution in [3.63, 3.8) is 0 Å². The van der Waals surface area contributed by atoms with E-state index in [4.69, 9.17) is 5.73 Å². The summed E-state index contributed by atoms with van der Waals surface area (Å²) in [7, 11) is 0. The quantitative estimate of drug-likeness (QED) is 0.546. The number of aromatic nitrogens is 3. The number of thiazole rings is 1. The van der Waals surface area contributed by atoms with E-state index >= 15 is 0 Å². The van der Waals surface area contributed by atoms with E-state index in [1.54, 1.807) is 5.38 Å². The van der Waals surface area contributed by atoms with Gasteiger partial charge in [-0.3, -0.25) is 9.59 Å². The molecular formula is C26H30N6O2S. The van der Waals surface area contributed by atoms with Crippen LogP contribution in [0.5, 0.6) is 0 Å². The van der Waals surface area contributed by atoms with E-state index in [2.05, 4.69) is 50.2 Å². The fourth-order valence-electron chi connectivity index (χ4n) is 5.38. The number of amides is 2. The van der Waals surface area contributed by atoms with Crippen LogP contribution in [0.25, 0.3) is 11.5 Å². The molecule has 35 heavy (non-hydrogen) atoms. The van der Waals surface area contributed by atoms with Gasteiger partial charge in [0, 0.05) is 31.6 Å². The van der Waals surface area contributed by atoms with E-state index in [1.807, 2.05) is 18.7 Å². The monoisotopic (exact) mass is 490 g/mol. The minimum Gasteiger partial charge on any atom is -0.364 e. The highest BCUT2D eigenvalue weighted by Gasteiger charge is 2.42. The fourth-order valence-corrected chi connectivity index (χ4v) is 6.03. The lowest BCUT2D eigenvalue weighted by atomic mass is 10.0. The molecular weight excluding hydrogens is 460 g/mol. The van der Waals surface area contributed by atoms with Crippen molar-refractivity contribution in [2.45, 2.75) is 26.7 Å². The standard InChI is InChI=1S/C26H30N6O2S/c1-16-22(17(2)29-24(28-16)21-15-35-25(30-21)23(27)33)26(34)32-13-19-11-31(12-20(19)14-32)10-6-9-18-7-4-3-5-8-18/h3-5,7-8,15,19-20H,6,9-14H2,1-2H3,(H2,27,33)/t19-,20?/m0/s1. The molecule has 4 heterocycles. The number of aryl methyl sites for hydroxylation is 3. The maximum absolute atomic E-state index is 13.4. The highest BCUT2D eigenvalue weighted by atomic mass is 32.1. The normalized spacial score (nSPS) is 19.8. The second-order valence-electron chi connectivity index (χ2n) is 9.57. The van der Waals surface area contributed by atoms with Crippen molar-refractivity contribution < 1.29 is 9.59 Å². The predicted molar refractivity (Wildman–Crippen MR) is 135 cm³/mol. The Kier molecular flexibility index (Phi) is 6.62. The lowest BCUT2D eigenvalue weighted by molar-refractivity contribution is 0.0771. The number of carbonyl (C=O) groups is 2. The second-order valence-corrected chi connectivity index (χ2v) is 10.4. The molecule has 1 aromatic carbocycles. The maximum atomic E-state index is 13.4. The lowest BCUT2D eigenvalue weighted by Gasteiger charge is -2.22. The van der Waals surface area contributed by atoms with Gasteiger partial charge >= 0.3 is 0 Å². The molecule has 0 spiro atoms. The highest BCUT2D eigenvalue weighted by Crippen LogP contribution is 2.33. The molecule has 2 aliphatic rings. The number of benzene rings is 1. The van der Waals surface area contributed by atoms with Crippen molar-refractivity contribution in [1.82, 2.24) is 24.8 Å². The first-order chi connectivity index (χ1) is 16.9. The van der Waals surface area contributed by atoms with Crippen LogP contribution in [0.3, 0.4) is 0 Å². The van der Waals surface area contributed by atoms with Gasteiger partial charge in [0.25, 0.3) is 11.8 Å². The molecule has 2 N–H and O–H groups in total. The molecule has 0 radical (unpaired) electrons. The van der Waals surface area contributed by atoms with Gasteiger partial charge in [0.2, 0.25) is 0 Å². The van der Waals surface area contributed by atoms with Gasteiger partial charge in [-0.25, -0.2) is 15.0 Å². The zero-order valence-electron chi connectivity index (χ0n) is 20.1. The number of fused-ring (bicyclic) bond motifs is 1. The summed E-state index contributed by atoms with van der Waals surface area (Å²) in [6.45, 7) is 8.46. The number of nitrogens with zero attached hydrogens (tertiary/aromatic N) is 5. The van der Waals surface area contributed by atoms with Crippen molar-refractivity contribution in [2.24, 2.45) is 17.6 Å². The van der Waals surface area contributed by atoms with E-state index in [0.29, 0.717) is 40.3 Å². The number of rotatable bonds is 7. The van der Waals surface area contributed by atoms with Gasteiger partial charge in [0.05, 0.1) is 17.0 Å². The smallest absolute Gasteiger partial charge is 0.277 e. The summed E-state index contributed by atoms with van der Waals surface area (Å²) in [4.78, 5) is 42.6. The molecule has 182 valence electrons. The van der Waals surface area contributed by atoms with E-state index < -0.39 is 5.91 Å². The van der Waals surface area contributed by atoms with E-state index in [1.165, 1.54) is 5.56 Å². The number of hydrogen-bond donors (Lipinski definition) is 1. The fraction of sp³-hybridized carbons (Fsp3) is 0.423. The summed E-state index contributed by atoms with van der Waals surface area (Å²) in [5, 5.41) is 1.93. The first-order valence-electron chi connectivity index (χ1n) is 12.1. The van der Waals surface area contributed by atoms with Gasteiger partial charge in [-0.2, -0.15) is 0 Å². The van der Waals surface area contributed by atoms with Crippen LogP contribution in [0.1, 0.15) is 43.5 Å². The van der Waals surface area contributed by atoms with Crippen LogP contribution in [0.15, 0.2) is 35.7 Å². The molecule has 0 aliphatic carbocycles. The summed E-state index contributed by atoms with van der Waals surface area (Å²) < 4.78 is 0. The summed E-state index contributed by atoms with van der Waals surface area (Å²) in [6, 6.07) is 10.6. The number of carbonyl (C=O) groups excluding carboxylic acids is 2. The third-order valence-electron chi connectivity index (χ3n) is 7.06. The SMILES string of the molecule is Cc1nc(-c2csc(C(N)=O)n2)nc(C)c1C(=O)N1CC2CN(CCCc3ccccc3)C[C@H]2C1. The molecule has 5 rings (SSSR count). The number of likely N-dealkylation sites (tertiary alicyclic amines) is 2. The van der Waals surface area contributed by atoms with Gasteiger partial charge < -0.3 is 15.5 Å². The predicted octanol–water partition coefficient (Wildman–Crippen LogP) is 2.95. The first-order valence-corrected chi connectivity index (χ1v) is 12.9. The van der Waals surface area contributed by atoms with Crippen molar-refractivity contribution in [3.05, 3.63) is 63.2 Å². The van der Waals surface area contributed by atoms with Crippen LogP contribution in [-0.2, 0) is 6.42 Å². The number of hydrogen-bond acceptors (Lipinski definition) is 7. The zero-order valence-corrected chi connectivity index (χ0v) is 20.9. The molecule has 2 saturated heterocycles. The Balaban J connectivity index is 1.19. The van der Waals surface area contributed by atoms with E-state index in [0.717, 1.165) is 56.9 Å². The second kappa shape index (κ2) is 9.83. The third-order valence-corrected chi connectivity index (χ3v) is 7.92. The van der Waals surface area contributed by atoms with Crippen LogP contribution < -0.4 is 5.73 Å². The van der Waals surface area contributed by atoms with Crippen molar-refractivity contribution in [2.75, 3.05) is 32.7 Å². The summed E-state index contributed by atoms with van der Waals surface area (Å²) in [6.07, 6.45) is 2.27. The average Bonchev–Trinajstić information content (AvgIpc) is 3.54. The Morgan fingerprint density at radius 3 is 2.26 bits per heavy atom. The summed E-state index contributed by atoms with van der Waals surface area (Å²) in [5.74, 6) is 0.894. The molecule has 1 unspecified atom stereocenters. The minimum atomic E-state index is -0.573. The molecule has 2 aromatic heterocycles. The van der Waals surface area contributed by atoms with Crippen LogP contribution in [0.4, 0.5) is 0 Å². The third kappa shape index (κ3) is 4.97. The Morgan fingerprint density at radius 1 is 1.00 bits per heavy atom. The van der Waals surface area contributed by atoms with Crippen LogP contribution in [-0.4, -0.2) is 69.3 Å². The van der Waals surface area contributed by atoms with Crippen molar-refractivity contribution in [3.8, 4) is 11.5 Å². The maximum Gasteiger partial charge on any atom is 0.277 e. The van der Waals surface area contributed by atoms with Gasteiger partial charge in [-0.15, -0.1) is 11.3 Å². The number of primary amides is 1. The first kappa shape index (κ1) is 23.6. The Morgan fingerprint density at radius 2 is 1.66 bits per heavy atom. The molecule has 2 atom stereocenters. The van der Waals surface area contributed by atoms with Gasteiger partial charge in [-0.1, -0.05) is 30.3 Å². The van der Waals surface area contributed by atoms with E-state index in [9.17, 15) is 9.59 Å². The molecule has 2 amide bonds. The average molecular weight is 491 g/mol. The molecule has 0 bridgehead atoms. The molecule has 8 nitrogen and oxygen atoms in total. The molecule has 3 aromatic rings. The van der Waals surface area contributed by atoms with Crippen LogP contribution in [0.2, 0.25) is 0 Å². The Bertz CT molecular complexity index is 1210. The topological polar surface area (TPSA) is 105 Å².